The van der Waals surface area contributed by atoms with Crippen LogP contribution in [0.1, 0.15) is 17.1 Å². The summed E-state index contributed by atoms with van der Waals surface area (Å²) in [5.74, 6) is 0.764. The summed E-state index contributed by atoms with van der Waals surface area (Å²) in [5, 5.41) is 5.20. The number of amides is 2. The number of methoxy groups -OCH3 is 1. The SMILES string of the molecule is COc1ccccc1NC(=O)Cc1nc(COC(=O)CCN2CCSC2=O)cs1. The Kier molecular flexibility index (Phi) is 7.48. The van der Waals surface area contributed by atoms with Crippen molar-refractivity contribution in [3.8, 4) is 5.75 Å². The average Bonchev–Trinajstić information content (AvgIpc) is 3.33. The van der Waals surface area contributed by atoms with E-state index in [-0.39, 0.29) is 36.6 Å². The van der Waals surface area contributed by atoms with Crippen LogP contribution in [0.3, 0.4) is 0 Å². The molecule has 3 rings (SSSR count). The lowest BCUT2D eigenvalue weighted by atomic mass is 10.3. The fourth-order valence-electron chi connectivity index (χ4n) is 2.66. The fourth-order valence-corrected chi connectivity index (χ4v) is 4.29. The van der Waals surface area contributed by atoms with Gasteiger partial charge in [-0.25, -0.2) is 4.98 Å². The van der Waals surface area contributed by atoms with Gasteiger partial charge in [0.1, 0.15) is 17.4 Å². The predicted molar refractivity (Wildman–Crippen MR) is 111 cm³/mol. The van der Waals surface area contributed by atoms with Crippen molar-refractivity contribution in [2.45, 2.75) is 19.4 Å². The van der Waals surface area contributed by atoms with Crippen molar-refractivity contribution in [1.82, 2.24) is 9.88 Å². The summed E-state index contributed by atoms with van der Waals surface area (Å²) in [7, 11) is 1.54. The minimum atomic E-state index is -0.377. The smallest absolute Gasteiger partial charge is 0.307 e. The molecule has 1 N–H and O–H groups in total. The summed E-state index contributed by atoms with van der Waals surface area (Å²) >= 11 is 2.60. The molecule has 0 radical (unpaired) electrons. The van der Waals surface area contributed by atoms with Gasteiger partial charge < -0.3 is 19.7 Å². The Labute approximate surface area is 176 Å². The van der Waals surface area contributed by atoms with E-state index in [1.807, 2.05) is 12.1 Å². The van der Waals surface area contributed by atoms with Gasteiger partial charge in [-0.2, -0.15) is 0 Å². The van der Waals surface area contributed by atoms with Crippen LogP contribution in [0, 0.1) is 0 Å². The zero-order valence-corrected chi connectivity index (χ0v) is 17.5. The van der Waals surface area contributed by atoms with Crippen LogP contribution in [0.5, 0.6) is 5.75 Å². The van der Waals surface area contributed by atoms with Crippen LogP contribution in [-0.2, 0) is 27.4 Å². The molecule has 154 valence electrons. The van der Waals surface area contributed by atoms with Crippen molar-refractivity contribution in [3.05, 3.63) is 40.3 Å². The number of thiazole rings is 1. The van der Waals surface area contributed by atoms with E-state index in [0.29, 0.717) is 35.2 Å². The first-order valence-electron chi connectivity index (χ1n) is 8.98. The average molecular weight is 436 g/mol. The molecule has 0 saturated carbocycles. The highest BCUT2D eigenvalue weighted by atomic mass is 32.2. The van der Waals surface area contributed by atoms with Crippen molar-refractivity contribution < 1.29 is 23.9 Å². The van der Waals surface area contributed by atoms with Crippen molar-refractivity contribution >= 4 is 45.9 Å². The Bertz CT molecular complexity index is 886. The highest BCUT2D eigenvalue weighted by molar-refractivity contribution is 8.13. The number of nitrogens with zero attached hydrogens (tertiary/aromatic N) is 2. The molecule has 1 saturated heterocycles. The molecular formula is C19H21N3O5S2. The summed E-state index contributed by atoms with van der Waals surface area (Å²) in [5.41, 5.74) is 1.19. The third-order valence-corrected chi connectivity index (χ3v) is 5.89. The molecule has 1 aliphatic heterocycles. The Morgan fingerprint density at radius 3 is 2.90 bits per heavy atom. The fraction of sp³-hybridized carbons (Fsp3) is 0.368. The molecule has 1 fully saturated rings. The van der Waals surface area contributed by atoms with Gasteiger partial charge in [-0.05, 0) is 12.1 Å². The van der Waals surface area contributed by atoms with Crippen molar-refractivity contribution in [2.75, 3.05) is 31.3 Å². The van der Waals surface area contributed by atoms with E-state index < -0.39 is 0 Å². The van der Waals surface area contributed by atoms with Gasteiger partial charge in [0.2, 0.25) is 5.91 Å². The molecule has 0 bridgehead atoms. The highest BCUT2D eigenvalue weighted by Gasteiger charge is 2.21. The monoisotopic (exact) mass is 435 g/mol. The van der Waals surface area contributed by atoms with Gasteiger partial charge in [0.05, 0.1) is 31.3 Å². The van der Waals surface area contributed by atoms with Crippen LogP contribution in [0.4, 0.5) is 10.5 Å². The van der Waals surface area contributed by atoms with Gasteiger partial charge in [-0.15, -0.1) is 11.3 Å². The zero-order valence-electron chi connectivity index (χ0n) is 15.9. The van der Waals surface area contributed by atoms with Crippen LogP contribution < -0.4 is 10.1 Å². The first-order valence-corrected chi connectivity index (χ1v) is 10.8. The Balaban J connectivity index is 1.42. The molecule has 0 atom stereocenters. The van der Waals surface area contributed by atoms with E-state index >= 15 is 0 Å². The van der Waals surface area contributed by atoms with Crippen LogP contribution in [-0.4, -0.2) is 53.0 Å². The number of para-hydroxylation sites is 2. The minimum absolute atomic E-state index is 0.00772. The van der Waals surface area contributed by atoms with Gasteiger partial charge in [0.15, 0.2) is 0 Å². The Morgan fingerprint density at radius 1 is 1.31 bits per heavy atom. The van der Waals surface area contributed by atoms with Crippen LogP contribution in [0.15, 0.2) is 29.6 Å². The van der Waals surface area contributed by atoms with Gasteiger partial charge in [0, 0.05) is 24.2 Å². The van der Waals surface area contributed by atoms with Crippen LogP contribution in [0.25, 0.3) is 0 Å². The molecule has 2 heterocycles. The number of rotatable bonds is 9. The number of anilines is 1. The number of hydrogen-bond donors (Lipinski definition) is 1. The molecule has 10 heteroatoms. The number of hydrogen-bond acceptors (Lipinski definition) is 8. The van der Waals surface area contributed by atoms with Crippen LogP contribution in [0.2, 0.25) is 0 Å². The molecule has 0 unspecified atom stereocenters. The maximum atomic E-state index is 12.2. The lowest BCUT2D eigenvalue weighted by Crippen LogP contribution is -2.26. The van der Waals surface area contributed by atoms with E-state index in [0.717, 1.165) is 5.75 Å². The quantitative estimate of drug-likeness (QED) is 0.605. The third kappa shape index (κ3) is 6.20. The molecule has 1 aliphatic rings. The maximum absolute atomic E-state index is 12.2. The summed E-state index contributed by atoms with van der Waals surface area (Å²) in [6, 6.07) is 7.17. The number of ether oxygens (including phenoxy) is 2. The predicted octanol–water partition coefficient (Wildman–Crippen LogP) is 2.94. The normalized spacial score (nSPS) is 13.4. The minimum Gasteiger partial charge on any atom is -0.495 e. The number of carbonyl (C=O) groups is 3. The second-order valence-electron chi connectivity index (χ2n) is 6.17. The summed E-state index contributed by atoms with van der Waals surface area (Å²) in [6.45, 7) is 1.09. The van der Waals surface area contributed by atoms with E-state index in [2.05, 4.69) is 10.3 Å². The van der Waals surface area contributed by atoms with Crippen molar-refractivity contribution in [2.24, 2.45) is 0 Å². The summed E-state index contributed by atoms with van der Waals surface area (Å²) in [4.78, 5) is 41.6. The number of nitrogens with one attached hydrogen (secondary N) is 1. The van der Waals surface area contributed by atoms with E-state index in [1.54, 1.807) is 29.5 Å². The second kappa shape index (κ2) is 10.3. The van der Waals surface area contributed by atoms with E-state index in [4.69, 9.17) is 9.47 Å². The topological polar surface area (TPSA) is 97.8 Å². The lowest BCUT2D eigenvalue weighted by Gasteiger charge is -2.13. The molecule has 8 nitrogen and oxygen atoms in total. The van der Waals surface area contributed by atoms with Gasteiger partial charge in [-0.3, -0.25) is 14.4 Å². The Hall–Kier alpha value is -2.59. The first kappa shape index (κ1) is 21.1. The zero-order chi connectivity index (χ0) is 20.6. The number of aromatic nitrogens is 1. The van der Waals surface area contributed by atoms with Gasteiger partial charge >= 0.3 is 5.97 Å². The Morgan fingerprint density at radius 2 is 2.14 bits per heavy atom. The van der Waals surface area contributed by atoms with E-state index in [1.165, 1.54) is 23.1 Å². The number of benzene rings is 1. The molecule has 2 aromatic rings. The van der Waals surface area contributed by atoms with Crippen molar-refractivity contribution in [3.63, 3.8) is 0 Å². The molecule has 1 aromatic heterocycles. The number of thioether (sulfide) groups is 1. The third-order valence-electron chi connectivity index (χ3n) is 4.10. The number of carbonyl (C=O) groups excluding carboxylic acids is 3. The van der Waals surface area contributed by atoms with Gasteiger partial charge in [0.25, 0.3) is 5.24 Å². The molecule has 1 aromatic carbocycles. The lowest BCUT2D eigenvalue weighted by molar-refractivity contribution is -0.145. The van der Waals surface area contributed by atoms with Gasteiger partial charge in [-0.1, -0.05) is 23.9 Å². The second-order valence-corrected chi connectivity index (χ2v) is 8.16. The molecule has 0 spiro atoms. The van der Waals surface area contributed by atoms with Crippen LogP contribution >= 0.6 is 23.1 Å². The number of esters is 1. The molecule has 2 amide bonds. The van der Waals surface area contributed by atoms with Crippen molar-refractivity contribution in [1.29, 1.82) is 0 Å². The molecular weight excluding hydrogens is 414 g/mol. The summed E-state index contributed by atoms with van der Waals surface area (Å²) < 4.78 is 10.4. The molecule has 29 heavy (non-hydrogen) atoms. The first-order chi connectivity index (χ1) is 14.0. The molecule has 0 aliphatic carbocycles. The standard InChI is InChI=1S/C19H21N3O5S2/c1-26-15-5-3-2-4-14(15)21-16(23)10-17-20-13(12-29-17)11-27-18(24)6-7-22-8-9-28-19(22)25/h2-5,12H,6-11H2,1H3,(H,21,23). The highest BCUT2D eigenvalue weighted by Crippen LogP contribution is 2.23. The summed E-state index contributed by atoms with van der Waals surface area (Å²) in [6.07, 6.45) is 0.274. The van der Waals surface area contributed by atoms with E-state index in [9.17, 15) is 14.4 Å². The maximum Gasteiger partial charge on any atom is 0.307 e. The largest absolute Gasteiger partial charge is 0.495 e.